The van der Waals surface area contributed by atoms with E-state index in [1.54, 1.807) is 12.1 Å². The summed E-state index contributed by atoms with van der Waals surface area (Å²) in [4.78, 5) is 15.7. The minimum atomic E-state index is -3.48. The van der Waals surface area contributed by atoms with Crippen molar-refractivity contribution >= 4 is 21.6 Å². The lowest BCUT2D eigenvalue weighted by molar-refractivity contribution is -0.129. The van der Waals surface area contributed by atoms with Crippen LogP contribution in [0.2, 0.25) is 0 Å². The van der Waals surface area contributed by atoms with Crippen molar-refractivity contribution in [3.63, 3.8) is 0 Å². The van der Waals surface area contributed by atoms with Gasteiger partial charge >= 0.3 is 0 Å². The van der Waals surface area contributed by atoms with Crippen molar-refractivity contribution in [1.82, 2.24) is 10.2 Å². The molecule has 0 unspecified atom stereocenters. The molecule has 3 N–H and O–H groups in total. The molecular formula is C10H15N3O4S. The minimum Gasteiger partial charge on any atom is -0.376 e. The molecule has 7 nitrogen and oxygen atoms in total. The average molecular weight is 273 g/mol. The molecule has 0 bridgehead atoms. The molecule has 0 aliphatic rings. The SMILES string of the molecule is CNS(=O)(=O)c1cccc(NCC(=O)NOC)c1. The average Bonchev–Trinajstić information content (AvgIpc) is 2.37. The number of hydrogen-bond acceptors (Lipinski definition) is 5. The van der Waals surface area contributed by atoms with Crippen LogP contribution in [0.5, 0.6) is 0 Å². The molecule has 0 aliphatic carbocycles. The van der Waals surface area contributed by atoms with Crippen LogP contribution in [0, 0.1) is 0 Å². The number of carbonyl (C=O) groups is 1. The van der Waals surface area contributed by atoms with Gasteiger partial charge in [-0.1, -0.05) is 6.07 Å². The predicted octanol–water partition coefficient (Wildman–Crippen LogP) is -0.316. The van der Waals surface area contributed by atoms with Gasteiger partial charge in [0.15, 0.2) is 0 Å². The number of nitrogens with one attached hydrogen (secondary N) is 3. The van der Waals surface area contributed by atoms with E-state index in [0.29, 0.717) is 5.69 Å². The third kappa shape index (κ3) is 3.99. The van der Waals surface area contributed by atoms with Crippen molar-refractivity contribution in [2.45, 2.75) is 4.90 Å². The van der Waals surface area contributed by atoms with Crippen LogP contribution in [0.25, 0.3) is 0 Å². The summed E-state index contributed by atoms with van der Waals surface area (Å²) in [7, 11) is -0.819. The van der Waals surface area contributed by atoms with E-state index in [9.17, 15) is 13.2 Å². The molecule has 0 aromatic heterocycles. The van der Waals surface area contributed by atoms with E-state index in [-0.39, 0.29) is 17.3 Å². The van der Waals surface area contributed by atoms with E-state index < -0.39 is 10.0 Å². The fourth-order valence-electron chi connectivity index (χ4n) is 1.22. The first-order valence-corrected chi connectivity index (χ1v) is 6.57. The van der Waals surface area contributed by atoms with E-state index in [1.165, 1.54) is 26.3 Å². The van der Waals surface area contributed by atoms with Gasteiger partial charge in [0.1, 0.15) is 0 Å². The summed E-state index contributed by atoms with van der Waals surface area (Å²) in [6.45, 7) is -0.0170. The highest BCUT2D eigenvalue weighted by Gasteiger charge is 2.11. The van der Waals surface area contributed by atoms with Gasteiger partial charge in [-0.2, -0.15) is 0 Å². The highest BCUT2D eigenvalue weighted by atomic mass is 32.2. The Hall–Kier alpha value is -1.64. The Bertz CT molecular complexity index is 516. The van der Waals surface area contributed by atoms with Gasteiger partial charge in [-0.05, 0) is 25.2 Å². The minimum absolute atomic E-state index is 0.0170. The second-order valence-corrected chi connectivity index (χ2v) is 5.20. The van der Waals surface area contributed by atoms with Crippen LogP contribution < -0.4 is 15.5 Å². The fraction of sp³-hybridized carbons (Fsp3) is 0.300. The van der Waals surface area contributed by atoms with Crippen molar-refractivity contribution in [1.29, 1.82) is 0 Å². The second kappa shape index (κ2) is 6.34. The smallest absolute Gasteiger partial charge is 0.262 e. The number of rotatable bonds is 6. The second-order valence-electron chi connectivity index (χ2n) is 3.32. The van der Waals surface area contributed by atoms with E-state index in [1.807, 2.05) is 0 Å². The Labute approximate surface area is 106 Å². The topological polar surface area (TPSA) is 96.5 Å². The molecule has 0 spiro atoms. The summed E-state index contributed by atoms with van der Waals surface area (Å²) in [5.41, 5.74) is 2.67. The fourth-order valence-corrected chi connectivity index (χ4v) is 2.00. The quantitative estimate of drug-likeness (QED) is 0.617. The molecule has 100 valence electrons. The van der Waals surface area contributed by atoms with Gasteiger partial charge in [0, 0.05) is 5.69 Å². The summed E-state index contributed by atoms with van der Waals surface area (Å²) in [5.74, 6) is -0.362. The molecule has 0 radical (unpaired) electrons. The summed E-state index contributed by atoms with van der Waals surface area (Å²) >= 11 is 0. The van der Waals surface area contributed by atoms with Gasteiger partial charge in [0.2, 0.25) is 10.0 Å². The van der Waals surface area contributed by atoms with Crippen molar-refractivity contribution in [2.75, 3.05) is 26.0 Å². The zero-order chi connectivity index (χ0) is 13.6. The summed E-state index contributed by atoms with van der Waals surface area (Å²) in [6.07, 6.45) is 0. The van der Waals surface area contributed by atoms with Crippen LogP contribution in [0.3, 0.4) is 0 Å². The number of carbonyl (C=O) groups excluding carboxylic acids is 1. The highest BCUT2D eigenvalue weighted by Crippen LogP contribution is 2.14. The van der Waals surface area contributed by atoms with Gasteiger partial charge in [-0.25, -0.2) is 18.6 Å². The Balaban J connectivity index is 2.75. The molecule has 1 rings (SSSR count). The number of amides is 1. The Morgan fingerprint density at radius 1 is 1.39 bits per heavy atom. The highest BCUT2D eigenvalue weighted by molar-refractivity contribution is 7.89. The molecule has 8 heteroatoms. The molecule has 18 heavy (non-hydrogen) atoms. The van der Waals surface area contributed by atoms with Gasteiger partial charge < -0.3 is 5.32 Å². The molecule has 0 saturated carbocycles. The van der Waals surface area contributed by atoms with E-state index in [0.717, 1.165) is 0 Å². The maximum Gasteiger partial charge on any atom is 0.262 e. The summed E-state index contributed by atoms with van der Waals surface area (Å²) in [6, 6.07) is 6.15. The Morgan fingerprint density at radius 3 is 2.72 bits per heavy atom. The van der Waals surface area contributed by atoms with Crippen LogP contribution in [0.15, 0.2) is 29.2 Å². The molecule has 1 amide bonds. The van der Waals surface area contributed by atoms with Gasteiger partial charge in [-0.3, -0.25) is 9.63 Å². The molecular weight excluding hydrogens is 258 g/mol. The van der Waals surface area contributed by atoms with E-state index in [2.05, 4.69) is 20.4 Å². The summed E-state index contributed by atoms with van der Waals surface area (Å²) in [5, 5.41) is 2.78. The lowest BCUT2D eigenvalue weighted by atomic mass is 10.3. The standard InChI is InChI=1S/C10H15N3O4S/c1-11-18(15,16)9-5-3-4-8(6-9)12-7-10(14)13-17-2/h3-6,11-12H,7H2,1-2H3,(H,13,14). The molecule has 0 fully saturated rings. The number of anilines is 1. The van der Waals surface area contributed by atoms with Gasteiger partial charge in [-0.15, -0.1) is 0 Å². The first-order valence-electron chi connectivity index (χ1n) is 5.09. The zero-order valence-electron chi connectivity index (χ0n) is 10.1. The maximum absolute atomic E-state index is 11.6. The van der Waals surface area contributed by atoms with Crippen LogP contribution in [-0.2, 0) is 19.7 Å². The van der Waals surface area contributed by atoms with Crippen molar-refractivity contribution in [3.8, 4) is 0 Å². The largest absolute Gasteiger partial charge is 0.376 e. The monoisotopic (exact) mass is 273 g/mol. The normalized spacial score (nSPS) is 11.0. The third-order valence-corrected chi connectivity index (χ3v) is 3.49. The number of benzene rings is 1. The van der Waals surface area contributed by atoms with Crippen LogP contribution in [0.4, 0.5) is 5.69 Å². The molecule has 1 aromatic carbocycles. The molecule has 0 atom stereocenters. The Kier molecular flexibility index (Phi) is 5.08. The number of sulfonamides is 1. The van der Waals surface area contributed by atoms with Crippen LogP contribution >= 0.6 is 0 Å². The van der Waals surface area contributed by atoms with Gasteiger partial charge in [0.25, 0.3) is 5.91 Å². The lowest BCUT2D eigenvalue weighted by Gasteiger charge is -2.08. The first-order chi connectivity index (χ1) is 8.49. The lowest BCUT2D eigenvalue weighted by Crippen LogP contribution is -2.28. The molecule has 0 aliphatic heterocycles. The van der Waals surface area contributed by atoms with Crippen molar-refractivity contribution < 1.29 is 18.0 Å². The first kappa shape index (κ1) is 14.4. The third-order valence-electron chi connectivity index (χ3n) is 2.08. The number of hydroxylamine groups is 1. The summed E-state index contributed by atoms with van der Waals surface area (Å²) < 4.78 is 25.3. The van der Waals surface area contributed by atoms with Crippen molar-refractivity contribution in [2.24, 2.45) is 0 Å². The van der Waals surface area contributed by atoms with E-state index in [4.69, 9.17) is 0 Å². The van der Waals surface area contributed by atoms with Crippen LogP contribution in [0.1, 0.15) is 0 Å². The molecule has 0 saturated heterocycles. The van der Waals surface area contributed by atoms with Crippen molar-refractivity contribution in [3.05, 3.63) is 24.3 Å². The van der Waals surface area contributed by atoms with Crippen LogP contribution in [-0.4, -0.2) is 35.0 Å². The Morgan fingerprint density at radius 2 is 2.11 bits per heavy atom. The zero-order valence-corrected chi connectivity index (χ0v) is 10.9. The predicted molar refractivity (Wildman–Crippen MR) is 66.3 cm³/mol. The molecule has 0 heterocycles. The van der Waals surface area contributed by atoms with E-state index >= 15 is 0 Å². The van der Waals surface area contributed by atoms with Gasteiger partial charge in [0.05, 0.1) is 18.6 Å². The maximum atomic E-state index is 11.6. The number of hydrogen-bond donors (Lipinski definition) is 3. The molecule has 1 aromatic rings.